The van der Waals surface area contributed by atoms with Crippen LogP contribution in [0.3, 0.4) is 0 Å². The molecule has 0 saturated carbocycles. The van der Waals surface area contributed by atoms with Crippen molar-refractivity contribution in [3.05, 3.63) is 28.2 Å². The van der Waals surface area contributed by atoms with E-state index in [1.807, 2.05) is 12.1 Å². The molecule has 108 valence electrons. The number of piperidine rings is 1. The lowest BCUT2D eigenvalue weighted by Gasteiger charge is -2.34. The molecule has 0 bridgehead atoms. The van der Waals surface area contributed by atoms with Crippen LogP contribution in [0.5, 0.6) is 5.75 Å². The van der Waals surface area contributed by atoms with Gasteiger partial charge in [0.2, 0.25) is 0 Å². The van der Waals surface area contributed by atoms with Gasteiger partial charge >= 0.3 is 5.97 Å². The van der Waals surface area contributed by atoms with E-state index in [0.29, 0.717) is 6.54 Å². The number of carbonyl (C=O) groups is 1. The van der Waals surface area contributed by atoms with Crippen LogP contribution in [-0.2, 0) is 11.2 Å². The van der Waals surface area contributed by atoms with Gasteiger partial charge in [0, 0.05) is 17.4 Å². The molecule has 1 aromatic carbocycles. The van der Waals surface area contributed by atoms with Crippen LogP contribution in [0.4, 0.5) is 0 Å². The van der Waals surface area contributed by atoms with Gasteiger partial charge in [-0.2, -0.15) is 0 Å². The van der Waals surface area contributed by atoms with E-state index in [4.69, 9.17) is 4.74 Å². The van der Waals surface area contributed by atoms with Crippen LogP contribution in [0, 0.1) is 0 Å². The Labute approximate surface area is 126 Å². The fourth-order valence-electron chi connectivity index (χ4n) is 3.14. The lowest BCUT2D eigenvalue weighted by Crippen LogP contribution is -2.48. The van der Waals surface area contributed by atoms with Crippen LogP contribution >= 0.6 is 15.9 Å². The van der Waals surface area contributed by atoms with Gasteiger partial charge in [-0.15, -0.1) is 0 Å². The summed E-state index contributed by atoms with van der Waals surface area (Å²) < 4.78 is 6.99. The first-order chi connectivity index (χ1) is 9.63. The first-order valence-corrected chi connectivity index (χ1v) is 7.85. The van der Waals surface area contributed by atoms with Gasteiger partial charge in [0.1, 0.15) is 17.9 Å². The Kier molecular flexibility index (Phi) is 3.98. The van der Waals surface area contributed by atoms with E-state index in [0.717, 1.165) is 42.5 Å². The van der Waals surface area contributed by atoms with E-state index in [1.54, 1.807) is 0 Å². The Balaban J connectivity index is 1.66. The largest absolute Gasteiger partial charge is 0.488 e. The second-order valence-corrected chi connectivity index (χ2v) is 6.46. The van der Waals surface area contributed by atoms with Gasteiger partial charge in [-0.1, -0.05) is 22.4 Å². The molecule has 1 saturated heterocycles. The maximum absolute atomic E-state index is 11.3. The number of rotatable bonds is 3. The van der Waals surface area contributed by atoms with Crippen molar-refractivity contribution in [1.29, 1.82) is 0 Å². The molecule has 2 heterocycles. The lowest BCUT2D eigenvalue weighted by molar-refractivity contribution is -0.145. The summed E-state index contributed by atoms with van der Waals surface area (Å²) in [4.78, 5) is 13.4. The minimum Gasteiger partial charge on any atom is -0.488 e. The van der Waals surface area contributed by atoms with Crippen molar-refractivity contribution in [3.8, 4) is 5.75 Å². The highest BCUT2D eigenvalue weighted by atomic mass is 79.9. The van der Waals surface area contributed by atoms with Crippen molar-refractivity contribution in [2.75, 3.05) is 13.1 Å². The molecule has 1 N–H and O–H groups in total. The molecule has 5 heteroatoms. The summed E-state index contributed by atoms with van der Waals surface area (Å²) in [6, 6.07) is 5.69. The molecule has 2 aliphatic rings. The maximum atomic E-state index is 11.3. The second-order valence-electron chi connectivity index (χ2n) is 5.54. The smallest absolute Gasteiger partial charge is 0.320 e. The van der Waals surface area contributed by atoms with Crippen LogP contribution in [0.15, 0.2) is 22.7 Å². The quantitative estimate of drug-likeness (QED) is 0.919. The van der Waals surface area contributed by atoms with Gasteiger partial charge in [-0.25, -0.2) is 0 Å². The first-order valence-electron chi connectivity index (χ1n) is 7.05. The minimum atomic E-state index is -0.706. The zero-order valence-electron chi connectivity index (χ0n) is 11.2. The number of carboxylic acid groups (broad SMARTS) is 1. The number of halogens is 1. The standard InChI is InChI=1S/C15H18BrNO3/c16-11-4-5-14-10(7-11)8-12(20-14)9-17-6-2-1-3-13(17)15(18)19/h4-5,7,12-13H,1-3,6,8-9H2,(H,18,19). The van der Waals surface area contributed by atoms with Crippen LogP contribution < -0.4 is 4.74 Å². The Hall–Kier alpha value is -1.07. The zero-order chi connectivity index (χ0) is 14.1. The lowest BCUT2D eigenvalue weighted by atomic mass is 10.0. The molecule has 0 spiro atoms. The molecule has 0 amide bonds. The fraction of sp³-hybridized carbons (Fsp3) is 0.533. The van der Waals surface area contributed by atoms with Gasteiger partial charge in [0.15, 0.2) is 0 Å². The molecule has 20 heavy (non-hydrogen) atoms. The van der Waals surface area contributed by atoms with Crippen molar-refractivity contribution in [1.82, 2.24) is 4.90 Å². The molecule has 3 rings (SSSR count). The van der Waals surface area contributed by atoms with Crippen LogP contribution in [0.1, 0.15) is 24.8 Å². The molecule has 2 aliphatic heterocycles. The van der Waals surface area contributed by atoms with Gasteiger partial charge in [0.25, 0.3) is 0 Å². The third-order valence-electron chi connectivity index (χ3n) is 4.10. The summed E-state index contributed by atoms with van der Waals surface area (Å²) in [5.41, 5.74) is 1.20. The summed E-state index contributed by atoms with van der Waals surface area (Å²) in [6.07, 6.45) is 3.76. The molecule has 2 unspecified atom stereocenters. The number of benzene rings is 1. The molecule has 1 fully saturated rings. The predicted octanol–water partition coefficient (Wildman–Crippen LogP) is 2.69. The number of aliphatic carboxylic acids is 1. The van der Waals surface area contributed by atoms with Crippen molar-refractivity contribution in [2.24, 2.45) is 0 Å². The second kappa shape index (κ2) is 5.74. The van der Waals surface area contributed by atoms with E-state index in [-0.39, 0.29) is 12.1 Å². The minimum absolute atomic E-state index is 0.0687. The first kappa shape index (κ1) is 13.9. The van der Waals surface area contributed by atoms with Gasteiger partial charge in [-0.3, -0.25) is 9.69 Å². The van der Waals surface area contributed by atoms with Crippen LogP contribution in [0.2, 0.25) is 0 Å². The summed E-state index contributed by atoms with van der Waals surface area (Å²) in [7, 11) is 0. The SMILES string of the molecule is O=C(O)C1CCCCN1CC1Cc2cc(Br)ccc2O1. The summed E-state index contributed by atoms with van der Waals surface area (Å²) in [6.45, 7) is 1.56. The van der Waals surface area contributed by atoms with Crippen molar-refractivity contribution < 1.29 is 14.6 Å². The van der Waals surface area contributed by atoms with Crippen molar-refractivity contribution >= 4 is 21.9 Å². The molecule has 0 aromatic heterocycles. The monoisotopic (exact) mass is 339 g/mol. The molecule has 1 aromatic rings. The summed E-state index contributed by atoms with van der Waals surface area (Å²) in [5.74, 6) is 0.227. The topological polar surface area (TPSA) is 49.8 Å². The number of carboxylic acids is 1. The Morgan fingerprint density at radius 3 is 3.10 bits per heavy atom. The molecule has 0 radical (unpaired) electrons. The van der Waals surface area contributed by atoms with E-state index in [9.17, 15) is 9.90 Å². The number of nitrogens with zero attached hydrogens (tertiary/aromatic N) is 1. The number of likely N-dealkylation sites (tertiary alicyclic amines) is 1. The molecular weight excluding hydrogens is 322 g/mol. The number of ether oxygens (including phenoxy) is 1. The van der Waals surface area contributed by atoms with E-state index < -0.39 is 5.97 Å². The summed E-state index contributed by atoms with van der Waals surface area (Å²) in [5, 5.41) is 9.30. The zero-order valence-corrected chi connectivity index (χ0v) is 12.8. The highest BCUT2D eigenvalue weighted by molar-refractivity contribution is 9.10. The average molecular weight is 340 g/mol. The third-order valence-corrected chi connectivity index (χ3v) is 4.59. The highest BCUT2D eigenvalue weighted by Gasteiger charge is 2.32. The summed E-state index contributed by atoms with van der Waals surface area (Å²) >= 11 is 3.47. The van der Waals surface area contributed by atoms with Crippen LogP contribution in [-0.4, -0.2) is 41.2 Å². The van der Waals surface area contributed by atoms with Gasteiger partial charge < -0.3 is 9.84 Å². The molecule has 2 atom stereocenters. The number of fused-ring (bicyclic) bond motifs is 1. The maximum Gasteiger partial charge on any atom is 0.320 e. The van der Waals surface area contributed by atoms with Crippen molar-refractivity contribution in [2.45, 2.75) is 37.8 Å². The van der Waals surface area contributed by atoms with Crippen molar-refractivity contribution in [3.63, 3.8) is 0 Å². The number of hydrogen-bond donors (Lipinski definition) is 1. The van der Waals surface area contributed by atoms with Gasteiger partial charge in [-0.05, 0) is 43.1 Å². The third kappa shape index (κ3) is 2.83. The normalized spacial score (nSPS) is 26.1. The van der Waals surface area contributed by atoms with E-state index in [1.165, 1.54) is 5.56 Å². The average Bonchev–Trinajstić information content (AvgIpc) is 2.80. The van der Waals surface area contributed by atoms with E-state index in [2.05, 4.69) is 26.9 Å². The molecule has 0 aliphatic carbocycles. The molecular formula is C15H18BrNO3. The Morgan fingerprint density at radius 2 is 2.30 bits per heavy atom. The van der Waals surface area contributed by atoms with E-state index >= 15 is 0 Å². The van der Waals surface area contributed by atoms with Crippen LogP contribution in [0.25, 0.3) is 0 Å². The number of hydrogen-bond acceptors (Lipinski definition) is 3. The Morgan fingerprint density at radius 1 is 1.45 bits per heavy atom. The predicted molar refractivity (Wildman–Crippen MR) is 79.1 cm³/mol. The molecule has 4 nitrogen and oxygen atoms in total. The Bertz CT molecular complexity index is 520. The fourth-order valence-corrected chi connectivity index (χ4v) is 3.55. The van der Waals surface area contributed by atoms with Gasteiger partial charge in [0.05, 0.1) is 0 Å². The highest BCUT2D eigenvalue weighted by Crippen LogP contribution is 2.32.